The number of hydrogen-bond acceptors (Lipinski definition) is 7. The highest BCUT2D eigenvalue weighted by Gasteiger charge is 2.39. The maximum Gasteiger partial charge on any atom is 0.451 e. The van der Waals surface area contributed by atoms with Crippen molar-refractivity contribution in [1.82, 2.24) is 40.0 Å². The van der Waals surface area contributed by atoms with E-state index in [0.717, 1.165) is 4.57 Å². The zero-order valence-corrected chi connectivity index (χ0v) is 10.9. The maximum absolute atomic E-state index is 12.8. The molecule has 22 heavy (non-hydrogen) atoms. The van der Waals surface area contributed by atoms with Gasteiger partial charge in [0, 0.05) is 13.1 Å². The number of tetrazole rings is 1. The molecule has 0 bridgehead atoms. The van der Waals surface area contributed by atoms with Crippen LogP contribution >= 0.6 is 0 Å². The van der Waals surface area contributed by atoms with Crippen molar-refractivity contribution in [3.63, 3.8) is 0 Å². The van der Waals surface area contributed by atoms with Crippen LogP contribution in [0.2, 0.25) is 0 Å². The van der Waals surface area contributed by atoms with Crippen molar-refractivity contribution < 1.29 is 13.2 Å². The molecule has 12 heteroatoms. The third kappa shape index (κ3) is 1.95. The monoisotopic (exact) mass is 311 g/mol. The lowest BCUT2D eigenvalue weighted by molar-refractivity contribution is -0.147. The van der Waals surface area contributed by atoms with E-state index in [1.54, 1.807) is 17.0 Å². The molecular formula is C10H8F3N9. The predicted molar refractivity (Wildman–Crippen MR) is 64.7 cm³/mol. The fourth-order valence-corrected chi connectivity index (χ4v) is 2.37. The fourth-order valence-electron chi connectivity index (χ4n) is 2.37. The molecule has 3 aromatic rings. The van der Waals surface area contributed by atoms with E-state index in [4.69, 9.17) is 0 Å². The normalized spacial score (nSPS) is 15.3. The van der Waals surface area contributed by atoms with Gasteiger partial charge in [-0.2, -0.15) is 13.2 Å². The van der Waals surface area contributed by atoms with E-state index in [0.29, 0.717) is 18.0 Å². The number of hydrogen-bond donors (Lipinski definition) is 0. The number of aromatic nitrogens is 8. The highest BCUT2D eigenvalue weighted by Crippen LogP contribution is 2.30. The molecule has 4 heterocycles. The average Bonchev–Trinajstić information content (AvgIpc) is 3.11. The van der Waals surface area contributed by atoms with Crippen molar-refractivity contribution in [3.05, 3.63) is 23.8 Å². The van der Waals surface area contributed by atoms with Gasteiger partial charge in [-0.1, -0.05) is 0 Å². The van der Waals surface area contributed by atoms with Gasteiger partial charge < -0.3 is 9.47 Å². The summed E-state index contributed by atoms with van der Waals surface area (Å²) in [5.41, 5.74) is 0.489. The van der Waals surface area contributed by atoms with Crippen LogP contribution in [0.15, 0.2) is 12.1 Å². The second-order valence-electron chi connectivity index (χ2n) is 4.73. The third-order valence-corrected chi connectivity index (χ3v) is 3.39. The van der Waals surface area contributed by atoms with Gasteiger partial charge in [0.15, 0.2) is 17.3 Å². The van der Waals surface area contributed by atoms with E-state index < -0.39 is 12.0 Å². The largest absolute Gasteiger partial charge is 0.451 e. The first-order valence-corrected chi connectivity index (χ1v) is 6.32. The second-order valence-corrected chi connectivity index (χ2v) is 4.73. The summed E-state index contributed by atoms with van der Waals surface area (Å²) >= 11 is 0. The molecule has 0 atom stereocenters. The molecular weight excluding hydrogens is 303 g/mol. The molecule has 4 rings (SSSR count). The quantitative estimate of drug-likeness (QED) is 0.632. The molecule has 0 saturated heterocycles. The van der Waals surface area contributed by atoms with Crippen molar-refractivity contribution >= 4 is 11.5 Å². The Balaban J connectivity index is 1.65. The summed E-state index contributed by atoms with van der Waals surface area (Å²) < 4.78 is 40.7. The molecule has 9 nitrogen and oxygen atoms in total. The lowest BCUT2D eigenvalue weighted by atomic mass is 10.3. The Morgan fingerprint density at radius 2 is 1.91 bits per heavy atom. The molecule has 0 fully saturated rings. The Hall–Kier alpha value is -2.79. The zero-order valence-electron chi connectivity index (χ0n) is 10.9. The highest BCUT2D eigenvalue weighted by molar-refractivity contribution is 5.44. The number of alkyl halides is 3. The minimum atomic E-state index is -4.50. The van der Waals surface area contributed by atoms with Gasteiger partial charge in [0.25, 0.3) is 0 Å². The van der Waals surface area contributed by atoms with Gasteiger partial charge in [0.1, 0.15) is 0 Å². The van der Waals surface area contributed by atoms with E-state index in [-0.39, 0.29) is 18.9 Å². The lowest BCUT2D eigenvalue weighted by Crippen LogP contribution is -2.36. The summed E-state index contributed by atoms with van der Waals surface area (Å²) in [5, 5.41) is 22.0. The first-order chi connectivity index (χ1) is 10.5. The Kier molecular flexibility index (Phi) is 2.55. The fraction of sp³-hybridized carbons (Fsp3) is 0.400. The summed E-state index contributed by atoms with van der Waals surface area (Å²) in [7, 11) is 0. The first-order valence-electron chi connectivity index (χ1n) is 6.32. The lowest BCUT2D eigenvalue weighted by Gasteiger charge is -2.28. The van der Waals surface area contributed by atoms with Gasteiger partial charge in [-0.3, -0.25) is 0 Å². The van der Waals surface area contributed by atoms with Crippen LogP contribution in [-0.4, -0.2) is 46.6 Å². The number of fused-ring (bicyclic) bond motifs is 2. The van der Waals surface area contributed by atoms with Crippen molar-refractivity contribution in [2.75, 3.05) is 11.4 Å². The van der Waals surface area contributed by atoms with E-state index in [2.05, 4.69) is 30.8 Å². The molecule has 0 aliphatic carbocycles. The van der Waals surface area contributed by atoms with Crippen LogP contribution in [0.25, 0.3) is 5.65 Å². The minimum absolute atomic E-state index is 0.131. The summed E-state index contributed by atoms with van der Waals surface area (Å²) in [6.45, 7) is 0.672. The van der Waals surface area contributed by atoms with E-state index in [9.17, 15) is 13.2 Å². The van der Waals surface area contributed by atoms with E-state index >= 15 is 0 Å². The highest BCUT2D eigenvalue weighted by atomic mass is 19.4. The number of nitrogens with zero attached hydrogens (tertiary/aromatic N) is 9. The Bertz CT molecular complexity index is 836. The molecule has 3 aromatic heterocycles. The van der Waals surface area contributed by atoms with Crippen LogP contribution < -0.4 is 4.90 Å². The number of rotatable bonds is 1. The van der Waals surface area contributed by atoms with Gasteiger partial charge in [-0.15, -0.1) is 25.0 Å². The molecule has 114 valence electrons. The van der Waals surface area contributed by atoms with Crippen LogP contribution in [0.5, 0.6) is 0 Å². The first kappa shape index (κ1) is 12.9. The minimum Gasteiger partial charge on any atom is -0.346 e. The maximum atomic E-state index is 12.8. The third-order valence-electron chi connectivity index (χ3n) is 3.39. The van der Waals surface area contributed by atoms with Gasteiger partial charge in [-0.25, -0.2) is 0 Å². The van der Waals surface area contributed by atoms with Crippen molar-refractivity contribution in [2.45, 2.75) is 19.3 Å². The Morgan fingerprint density at radius 3 is 2.73 bits per heavy atom. The van der Waals surface area contributed by atoms with Gasteiger partial charge in [0.2, 0.25) is 5.82 Å². The van der Waals surface area contributed by atoms with Crippen LogP contribution in [0.3, 0.4) is 0 Å². The summed E-state index contributed by atoms with van der Waals surface area (Å²) in [5.74, 6) is -0.161. The molecule has 0 saturated carbocycles. The molecule has 0 aromatic carbocycles. The topological polar surface area (TPSA) is 89.9 Å². The Morgan fingerprint density at radius 1 is 1.05 bits per heavy atom. The van der Waals surface area contributed by atoms with E-state index in [1.807, 2.05) is 0 Å². The Labute approximate surface area is 120 Å². The SMILES string of the molecule is FC(F)(F)c1nnc2n1CCN(c1ccc3nnnn3n1)C2. The van der Waals surface area contributed by atoms with Crippen molar-refractivity contribution in [1.29, 1.82) is 0 Å². The molecule has 1 aliphatic rings. The predicted octanol–water partition coefficient (Wildman–Crippen LogP) is 0.150. The number of halogens is 3. The van der Waals surface area contributed by atoms with Crippen LogP contribution in [-0.2, 0) is 19.3 Å². The number of anilines is 1. The van der Waals surface area contributed by atoms with Gasteiger partial charge in [0.05, 0.1) is 6.54 Å². The van der Waals surface area contributed by atoms with Crippen LogP contribution in [0.4, 0.5) is 19.0 Å². The smallest absolute Gasteiger partial charge is 0.346 e. The van der Waals surface area contributed by atoms with Crippen molar-refractivity contribution in [3.8, 4) is 0 Å². The summed E-state index contributed by atoms with van der Waals surface area (Å²) in [6, 6.07) is 3.39. The van der Waals surface area contributed by atoms with Crippen LogP contribution in [0.1, 0.15) is 11.6 Å². The van der Waals surface area contributed by atoms with Crippen LogP contribution in [0, 0.1) is 0 Å². The molecule has 0 radical (unpaired) electrons. The zero-order chi connectivity index (χ0) is 15.3. The molecule has 1 aliphatic heterocycles. The standard InChI is InChI=1S/C10H8F3N9/c11-10(12,13)9-16-14-8-5-20(3-4-21(8)9)7-2-1-6-15-18-19-22(6)17-7/h1-2H,3-5H2. The average molecular weight is 311 g/mol. The summed E-state index contributed by atoms with van der Waals surface area (Å²) in [6.07, 6.45) is -4.50. The van der Waals surface area contributed by atoms with Gasteiger partial charge in [-0.05, 0) is 22.6 Å². The molecule has 0 N–H and O–H groups in total. The molecule has 0 unspecified atom stereocenters. The summed E-state index contributed by atoms with van der Waals surface area (Å²) in [4.78, 5) is 1.80. The van der Waals surface area contributed by atoms with E-state index in [1.165, 1.54) is 4.63 Å². The van der Waals surface area contributed by atoms with Crippen molar-refractivity contribution in [2.24, 2.45) is 0 Å². The van der Waals surface area contributed by atoms with Gasteiger partial charge >= 0.3 is 6.18 Å². The molecule has 0 amide bonds. The molecule has 0 spiro atoms. The second kappa shape index (κ2) is 4.35.